The molecule has 4 heterocycles. The van der Waals surface area contributed by atoms with E-state index in [1.54, 1.807) is 58.0 Å². The zero-order chi connectivity index (χ0) is 32.4. The molecule has 0 saturated carbocycles. The van der Waals surface area contributed by atoms with E-state index in [1.807, 2.05) is 0 Å². The molecule has 1 aliphatic heterocycles. The number of aromatic amines is 1. The van der Waals surface area contributed by atoms with Crippen molar-refractivity contribution in [2.24, 2.45) is 5.41 Å². The van der Waals surface area contributed by atoms with Gasteiger partial charge >= 0.3 is 7.75 Å². The first kappa shape index (κ1) is 33.1. The van der Waals surface area contributed by atoms with Gasteiger partial charge in [-0.25, -0.2) is 19.0 Å². The van der Waals surface area contributed by atoms with Gasteiger partial charge < -0.3 is 23.8 Å². The lowest BCUT2D eigenvalue weighted by Gasteiger charge is -2.32. The minimum absolute atomic E-state index is 0.0322. The smallest absolute Gasteiger partial charge is 0.459 e. The number of halogens is 2. The second kappa shape index (κ2) is 13.6. The molecule has 0 spiro atoms. The molecule has 1 fully saturated rings. The van der Waals surface area contributed by atoms with Gasteiger partial charge in [0.1, 0.15) is 5.75 Å². The molecule has 4 aromatic rings. The number of para-hydroxylation sites is 1. The molecule has 0 amide bonds. The number of aliphatic hydroxyl groups excluding tert-OH is 1. The van der Waals surface area contributed by atoms with Crippen LogP contribution in [0.15, 0.2) is 36.7 Å². The molecule has 3 aromatic heterocycles. The van der Waals surface area contributed by atoms with Crippen molar-refractivity contribution < 1.29 is 37.3 Å². The van der Waals surface area contributed by atoms with Crippen molar-refractivity contribution in [2.45, 2.75) is 71.1 Å². The van der Waals surface area contributed by atoms with E-state index >= 15 is 4.39 Å². The number of hydrogen-bond acceptors (Lipinski definition) is 13. The number of aromatic nitrogens is 8. The summed E-state index contributed by atoms with van der Waals surface area (Å²) in [5.41, 5.74) is -0.927. The van der Waals surface area contributed by atoms with Crippen LogP contribution in [0.25, 0.3) is 11.2 Å². The van der Waals surface area contributed by atoms with Gasteiger partial charge in [0.2, 0.25) is 11.2 Å². The number of benzene rings is 1. The van der Waals surface area contributed by atoms with E-state index < -0.39 is 50.6 Å². The van der Waals surface area contributed by atoms with Gasteiger partial charge in [0.05, 0.1) is 38.3 Å². The fraction of sp³-hybridized carbons (Fsp3) is 0.538. The molecule has 0 aliphatic carbocycles. The van der Waals surface area contributed by atoms with E-state index in [2.05, 4.69) is 40.7 Å². The quantitative estimate of drug-likeness (QED) is 0.100. The Kier molecular flexibility index (Phi) is 9.98. The molecule has 4 unspecified atom stereocenters. The molecular formula is C26H34ClFN9O7P. The average Bonchev–Trinajstić information content (AvgIpc) is 3.71. The maximum atomic E-state index is 16.7. The van der Waals surface area contributed by atoms with E-state index in [1.165, 1.54) is 18.0 Å². The Bertz CT molecular complexity index is 1620. The molecule has 19 heteroatoms. The van der Waals surface area contributed by atoms with Gasteiger partial charge in [-0.15, -0.1) is 10.2 Å². The first-order valence-electron chi connectivity index (χ1n) is 14.0. The molecule has 3 N–H and O–H groups in total. The largest absolute Gasteiger partial charge is 0.479 e. The predicted octanol–water partition coefficient (Wildman–Crippen LogP) is 3.41. The maximum absolute atomic E-state index is 16.7. The Morgan fingerprint density at radius 1 is 1.27 bits per heavy atom. The van der Waals surface area contributed by atoms with Crippen molar-refractivity contribution >= 4 is 30.5 Å². The monoisotopic (exact) mass is 669 g/mol. The van der Waals surface area contributed by atoms with Crippen molar-refractivity contribution in [3.05, 3.63) is 47.8 Å². The Labute approximate surface area is 262 Å². The number of tetrazole rings is 1. The summed E-state index contributed by atoms with van der Waals surface area (Å²) in [6, 6.07) is 7.44. The fourth-order valence-corrected chi connectivity index (χ4v) is 6.62. The summed E-state index contributed by atoms with van der Waals surface area (Å²) < 4.78 is 60.9. The van der Waals surface area contributed by atoms with Crippen LogP contribution in [0, 0.1) is 5.41 Å². The summed E-state index contributed by atoms with van der Waals surface area (Å²) in [5, 5.41) is 27.0. The lowest BCUT2D eigenvalue weighted by molar-refractivity contribution is -0.138. The highest BCUT2D eigenvalue weighted by Gasteiger charge is 2.56. The number of aliphatic hydroxyl groups is 1. The fourth-order valence-electron chi connectivity index (χ4n) is 4.92. The minimum atomic E-state index is -4.25. The van der Waals surface area contributed by atoms with Gasteiger partial charge in [0, 0.05) is 11.8 Å². The first-order chi connectivity index (χ1) is 21.4. The number of hydrogen-bond donors (Lipinski definition) is 3. The van der Waals surface area contributed by atoms with Crippen LogP contribution in [0.5, 0.6) is 11.6 Å². The van der Waals surface area contributed by atoms with Gasteiger partial charge in [0.25, 0.3) is 0 Å². The molecule has 1 aromatic carbocycles. The molecule has 244 valence electrons. The van der Waals surface area contributed by atoms with E-state index in [0.29, 0.717) is 0 Å². The summed E-state index contributed by atoms with van der Waals surface area (Å²) in [4.78, 5) is 12.5. The molecule has 16 nitrogen and oxygen atoms in total. The number of rotatable bonds is 14. The van der Waals surface area contributed by atoms with Crippen LogP contribution < -0.4 is 14.3 Å². The van der Waals surface area contributed by atoms with Gasteiger partial charge in [0.15, 0.2) is 35.7 Å². The number of nitrogens with zero attached hydrogens (tertiary/aromatic N) is 7. The SMILES string of the molecule is COc1nc(Cl)nc2c1ncn2[C@@H]1O[C@H](COP(=O)(N[C@@H](C)C(O)OC(C)C)Oc2ccccc2)C(C)(Cc2nn[nH]n2)C1F. The number of methoxy groups -OCH3 is 1. The van der Waals surface area contributed by atoms with E-state index in [0.717, 1.165) is 0 Å². The average molecular weight is 670 g/mol. The van der Waals surface area contributed by atoms with Crippen LogP contribution in [-0.2, 0) is 25.0 Å². The van der Waals surface area contributed by atoms with Crippen LogP contribution in [0.1, 0.15) is 39.7 Å². The third-order valence-corrected chi connectivity index (χ3v) is 9.08. The lowest BCUT2D eigenvalue weighted by Crippen LogP contribution is -2.42. The minimum Gasteiger partial charge on any atom is -0.479 e. The van der Waals surface area contributed by atoms with Crippen molar-refractivity contribution in [1.29, 1.82) is 0 Å². The normalized spacial score (nSPS) is 24.5. The molecular weight excluding hydrogens is 636 g/mol. The highest BCUT2D eigenvalue weighted by atomic mass is 35.5. The van der Waals surface area contributed by atoms with Crippen LogP contribution in [0.4, 0.5) is 4.39 Å². The molecule has 0 bridgehead atoms. The number of H-pyrrole nitrogens is 1. The van der Waals surface area contributed by atoms with Crippen LogP contribution in [0.2, 0.25) is 5.28 Å². The highest BCUT2D eigenvalue weighted by Crippen LogP contribution is 2.51. The summed E-state index contributed by atoms with van der Waals surface area (Å²) in [6.07, 6.45) is -4.38. The van der Waals surface area contributed by atoms with Crippen molar-refractivity contribution in [1.82, 2.24) is 45.2 Å². The van der Waals surface area contributed by atoms with E-state index in [-0.39, 0.29) is 46.4 Å². The Hall–Kier alpha value is -3.31. The van der Waals surface area contributed by atoms with Gasteiger partial charge in [-0.3, -0.25) is 9.09 Å². The number of imidazole rings is 1. The second-order valence-electron chi connectivity index (χ2n) is 10.9. The summed E-state index contributed by atoms with van der Waals surface area (Å²) >= 11 is 6.11. The predicted molar refractivity (Wildman–Crippen MR) is 157 cm³/mol. The second-order valence-corrected chi connectivity index (χ2v) is 13.0. The molecule has 1 aliphatic rings. The third-order valence-electron chi connectivity index (χ3n) is 7.24. The highest BCUT2D eigenvalue weighted by molar-refractivity contribution is 7.52. The van der Waals surface area contributed by atoms with Gasteiger partial charge in [-0.05, 0) is 44.5 Å². The molecule has 5 rings (SSSR count). The first-order valence-corrected chi connectivity index (χ1v) is 15.9. The number of fused-ring (bicyclic) bond motifs is 1. The maximum Gasteiger partial charge on any atom is 0.459 e. The number of ether oxygens (including phenoxy) is 3. The van der Waals surface area contributed by atoms with Gasteiger partial charge in [-0.2, -0.15) is 15.2 Å². The standard InChI is InChI=1S/C26H34ClFN9O7P/c1-14(2)42-24(38)15(3)34-45(39,44-16-9-7-6-8-10-16)41-12-17-26(4,11-18-32-35-36-33-18)20(28)23(43-17)37-13-29-19-21(37)30-25(27)31-22(19)40-5/h6-10,13-15,17,20,23-24,38H,11-12H2,1-5H3,(H,34,39)(H,32,33,35,36)/t15-,17+,20?,23+,24?,26?,45?/m0/s1. The van der Waals surface area contributed by atoms with Crippen molar-refractivity contribution in [3.8, 4) is 11.6 Å². The Morgan fingerprint density at radius 3 is 2.69 bits per heavy atom. The summed E-state index contributed by atoms with van der Waals surface area (Å²) in [6.45, 7) is 6.27. The number of nitrogens with one attached hydrogen (secondary N) is 2. The lowest BCUT2D eigenvalue weighted by atomic mass is 9.78. The van der Waals surface area contributed by atoms with E-state index in [9.17, 15) is 9.67 Å². The zero-order valence-electron chi connectivity index (χ0n) is 25.1. The zero-order valence-corrected chi connectivity index (χ0v) is 26.7. The van der Waals surface area contributed by atoms with Crippen molar-refractivity contribution in [2.75, 3.05) is 13.7 Å². The summed E-state index contributed by atoms with van der Waals surface area (Å²) in [5.74, 6) is 0.564. The molecule has 0 radical (unpaired) electrons. The summed E-state index contributed by atoms with van der Waals surface area (Å²) in [7, 11) is -2.85. The molecule has 45 heavy (non-hydrogen) atoms. The van der Waals surface area contributed by atoms with Crippen LogP contribution in [-0.4, -0.2) is 89.7 Å². The van der Waals surface area contributed by atoms with Crippen LogP contribution in [0.3, 0.4) is 0 Å². The molecule has 7 atom stereocenters. The number of alkyl halides is 1. The molecule has 1 saturated heterocycles. The Morgan fingerprint density at radius 2 is 2.02 bits per heavy atom. The van der Waals surface area contributed by atoms with Crippen LogP contribution >= 0.6 is 19.3 Å². The topological polar surface area (TPSA) is 194 Å². The van der Waals surface area contributed by atoms with Gasteiger partial charge in [-0.1, -0.05) is 30.3 Å². The Balaban J connectivity index is 1.45. The van der Waals surface area contributed by atoms with E-state index in [4.69, 9.17) is 34.9 Å². The third kappa shape index (κ3) is 7.25. The van der Waals surface area contributed by atoms with Crippen molar-refractivity contribution in [3.63, 3.8) is 0 Å².